The summed E-state index contributed by atoms with van der Waals surface area (Å²) in [5.74, 6) is -4.56. The van der Waals surface area contributed by atoms with Crippen molar-refractivity contribution in [1.82, 2.24) is 0 Å². The van der Waals surface area contributed by atoms with Crippen molar-refractivity contribution in [2.75, 3.05) is 45.9 Å². The average molecular weight is 1040 g/mol. The lowest BCUT2D eigenvalue weighted by Gasteiger charge is -2.28. The molecule has 28 heteroatoms. The van der Waals surface area contributed by atoms with E-state index in [4.69, 9.17) is 18.6 Å². The summed E-state index contributed by atoms with van der Waals surface area (Å²) in [5.41, 5.74) is 0.956. The fourth-order valence-electron chi connectivity index (χ4n) is 8.71. The van der Waals surface area contributed by atoms with E-state index in [0.29, 0.717) is 18.9 Å². The maximum absolute atomic E-state index is 13.0. The molecule has 2 saturated heterocycles. The average Bonchev–Trinajstić information content (AvgIpc) is 4.05. The third kappa shape index (κ3) is 14.7. The van der Waals surface area contributed by atoms with Gasteiger partial charge < -0.3 is 38.6 Å². The lowest BCUT2D eigenvalue weighted by atomic mass is 9.88. The second-order valence-corrected chi connectivity index (χ2v) is 22.5. The Hall–Kier alpha value is -2.64. The van der Waals surface area contributed by atoms with Gasteiger partial charge in [0, 0.05) is 5.92 Å². The van der Waals surface area contributed by atoms with E-state index in [1.165, 1.54) is 51.4 Å². The van der Waals surface area contributed by atoms with E-state index in [1.54, 1.807) is 21.9 Å². The van der Waals surface area contributed by atoms with Crippen molar-refractivity contribution in [1.29, 1.82) is 0 Å². The van der Waals surface area contributed by atoms with Crippen molar-refractivity contribution < 1.29 is 108 Å². The third-order valence-corrected chi connectivity index (χ3v) is 16.9. The van der Waals surface area contributed by atoms with E-state index >= 15 is 0 Å². The van der Waals surface area contributed by atoms with Crippen LogP contribution in [0.5, 0.6) is 0 Å². The lowest BCUT2D eigenvalue weighted by molar-refractivity contribution is -0.894. The first-order valence-corrected chi connectivity index (χ1v) is 27.0. The Bertz CT molecular complexity index is 2190. The van der Waals surface area contributed by atoms with Gasteiger partial charge in [-0.2, -0.15) is 34.4 Å². The van der Waals surface area contributed by atoms with Crippen LogP contribution in [-0.2, 0) is 63.7 Å². The molecule has 0 aromatic heterocycles. The second kappa shape index (κ2) is 23.8. The van der Waals surface area contributed by atoms with Crippen LogP contribution in [0.3, 0.4) is 0 Å². The maximum Gasteiger partial charge on any atom is 0.428 e. The normalized spacial score (nSPS) is 28.6. The van der Waals surface area contributed by atoms with Crippen molar-refractivity contribution in [2.45, 2.75) is 119 Å². The third-order valence-electron chi connectivity index (χ3n) is 12.6. The molecule has 7 rings (SSSR count). The summed E-state index contributed by atoms with van der Waals surface area (Å²) in [5, 5.41) is 6.41. The number of carbonyl (C=O) groups excluding carboxylic acids is 1. The first kappa shape index (κ1) is 59.5. The van der Waals surface area contributed by atoms with Gasteiger partial charge in [-0.25, -0.2) is 26.4 Å². The molecule has 4 aliphatic carbocycles. The van der Waals surface area contributed by atoms with E-state index in [1.807, 2.05) is 6.92 Å². The van der Waals surface area contributed by atoms with Gasteiger partial charge in [-0.15, -0.1) is 0 Å². The number of carbonyl (C=O) groups is 2. The van der Waals surface area contributed by atoms with Gasteiger partial charge >= 0.3 is 22.4 Å². The number of esters is 1. The van der Waals surface area contributed by atoms with Gasteiger partial charge in [0.25, 0.3) is 20.2 Å². The predicted molar refractivity (Wildman–Crippen MR) is 222 cm³/mol. The van der Waals surface area contributed by atoms with E-state index in [2.05, 4.69) is 46.3 Å². The number of rotatable bonds is 12. The molecule has 4 saturated carbocycles. The van der Waals surface area contributed by atoms with Gasteiger partial charge in [-0.1, -0.05) is 17.7 Å². The zero-order chi connectivity index (χ0) is 51.0. The monoisotopic (exact) mass is 1040 g/mol. The summed E-state index contributed by atoms with van der Waals surface area (Å²) in [6, 6.07) is 5.99. The van der Waals surface area contributed by atoms with Crippen LogP contribution in [0.4, 0.5) is 17.6 Å². The summed E-state index contributed by atoms with van der Waals surface area (Å²) in [4.78, 5) is 23.8. The van der Waals surface area contributed by atoms with Crippen LogP contribution in [0.1, 0.15) is 72.8 Å². The van der Waals surface area contributed by atoms with Crippen molar-refractivity contribution >= 4 is 52.4 Å². The molecule has 1 aromatic carbocycles. The Morgan fingerprint density at radius 1 is 0.742 bits per heavy atom. The Balaban J connectivity index is 0.000000284. The highest BCUT2D eigenvalue weighted by molar-refractivity contribution is 7.88. The van der Waals surface area contributed by atoms with E-state index in [0.717, 1.165) is 24.8 Å². The minimum Gasteiger partial charge on any atom is -0.743 e. The molecule has 66 heavy (non-hydrogen) atoms. The standard InChI is InChI=1S/C10H12F2O6S.C7H10O4S.C7H8O3S.2C6H15N.C2H2F2O5S/c11-10(12,19(14,15)16)9(13)18-7-4-1-5-3-17-8(7)6(5)2-4;8-6-3-1-4-5(2-3)12(9,10)11-7(4)6;1-6-2-4-7(5-3-6)11(8,9)10;2*1-4-7(5-2)6-3;3-2(4,1(5)6)10(7,8)9/h4-8H,1-3H2,(H,14,15,16);3-8H,1-2H2;2-5H,1H3,(H,8,9,10);2*4-6H2,1-3H3;(H,5,6)(H,7,8,9). The number of ether oxygens (including phenoxy) is 2. The quantitative estimate of drug-likeness (QED) is 0.0789. The molecule has 1 aromatic rings. The fourth-order valence-corrected chi connectivity index (χ4v) is 11.5. The molecule has 2 heterocycles. The van der Waals surface area contributed by atoms with Gasteiger partial charge in [0.2, 0.25) is 0 Å². The number of carboxylic acids is 1. The topological polar surface area (TPSA) is 314 Å². The first-order valence-electron chi connectivity index (χ1n) is 21.2. The van der Waals surface area contributed by atoms with Crippen LogP contribution in [0.15, 0.2) is 29.2 Å². The number of hydrogen-bond donors (Lipinski definition) is 5. The number of aryl methyl sites for hydroxylation is 1. The summed E-state index contributed by atoms with van der Waals surface area (Å²) >= 11 is 0. The number of halogens is 4. The smallest absolute Gasteiger partial charge is 0.428 e. The number of fused-ring (bicyclic) bond motifs is 2. The Kier molecular flexibility index (Phi) is 21.4. The fraction of sp³-hybridized carbons (Fsp3) is 0.789. The summed E-state index contributed by atoms with van der Waals surface area (Å²) in [6.07, 6.45) is 0.599. The highest BCUT2D eigenvalue weighted by Crippen LogP contribution is 2.55. The number of quaternary nitrogens is 2. The van der Waals surface area contributed by atoms with E-state index < -0.39 is 87.3 Å². The Morgan fingerprint density at radius 3 is 1.55 bits per heavy atom. The summed E-state index contributed by atoms with van der Waals surface area (Å²) in [7, 11) is -19.5. The maximum atomic E-state index is 13.0. The van der Waals surface area contributed by atoms with Gasteiger partial charge in [0.1, 0.15) is 12.2 Å². The molecule has 4 bridgehead atoms. The van der Waals surface area contributed by atoms with E-state index in [-0.39, 0.29) is 33.8 Å². The summed E-state index contributed by atoms with van der Waals surface area (Å²) < 4.78 is 175. The largest absolute Gasteiger partial charge is 0.743 e. The van der Waals surface area contributed by atoms with Crippen LogP contribution in [0.25, 0.3) is 0 Å². The molecule has 10 unspecified atom stereocenters. The highest BCUT2D eigenvalue weighted by Gasteiger charge is 2.64. The number of alkyl halides is 4. The second-order valence-electron chi connectivity index (χ2n) is 16.5. The van der Waals surface area contributed by atoms with Crippen LogP contribution in [-0.4, -0.2) is 156 Å². The predicted octanol–water partition coefficient (Wildman–Crippen LogP) is -0.112. The van der Waals surface area contributed by atoms with Crippen molar-refractivity contribution in [3.05, 3.63) is 29.8 Å². The van der Waals surface area contributed by atoms with Crippen LogP contribution >= 0.6 is 0 Å². The number of aliphatic hydroxyl groups excluding tert-OH is 1. The minimum absolute atomic E-state index is 0.0666. The van der Waals surface area contributed by atoms with Gasteiger partial charge in [-0.05, 0) is 110 Å². The minimum atomic E-state index is -6.08. The first-order chi connectivity index (χ1) is 30.2. The highest BCUT2D eigenvalue weighted by atomic mass is 32.2. The SMILES string of the molecule is CC[NH+](CC)CC.CC[NH+](CC)CC.Cc1ccc(S(=O)(=O)O)cc1.O=C(O)C(F)(F)S(=O)(=O)[O-].O=C(OC1C2CC3COC1C3C2)C(F)(F)S(=O)(=O)[O-].O=S1(=O)OC2C(O)C3CC2C1C3. The zero-order valence-corrected chi connectivity index (χ0v) is 40.7. The number of carboxylic acid groups (broad SMARTS) is 1. The lowest BCUT2D eigenvalue weighted by Crippen LogP contribution is -3.11. The van der Waals surface area contributed by atoms with Crippen LogP contribution in [0.2, 0.25) is 0 Å². The number of aliphatic hydroxyl groups is 1. The number of benzene rings is 1. The number of hydrogen-bond acceptors (Lipinski definition) is 16. The van der Waals surface area contributed by atoms with Crippen molar-refractivity contribution in [3.8, 4) is 0 Å². The molecular weight excluding hydrogens is 977 g/mol. The van der Waals surface area contributed by atoms with E-state index in [9.17, 15) is 75.0 Å². The zero-order valence-electron chi connectivity index (χ0n) is 37.5. The van der Waals surface area contributed by atoms with Gasteiger partial charge in [0.05, 0.1) is 68.2 Å². The molecule has 0 spiro atoms. The molecule has 10 atom stereocenters. The van der Waals surface area contributed by atoms with Gasteiger partial charge in [-0.3, -0.25) is 8.74 Å². The molecule has 6 fully saturated rings. The molecule has 6 aliphatic rings. The Labute approximate surface area is 383 Å². The van der Waals surface area contributed by atoms with Crippen LogP contribution in [0, 0.1) is 36.5 Å². The van der Waals surface area contributed by atoms with Crippen LogP contribution < -0.4 is 9.80 Å². The molecule has 20 nitrogen and oxygen atoms in total. The molecule has 5 N–H and O–H groups in total. The summed E-state index contributed by atoms with van der Waals surface area (Å²) in [6.45, 7) is 23.3. The number of aliphatic carboxylic acids is 1. The van der Waals surface area contributed by atoms with Crippen molar-refractivity contribution in [3.63, 3.8) is 0 Å². The molecular formula is C38H62F4N2O18S4. The molecule has 0 amide bonds. The van der Waals surface area contributed by atoms with Crippen molar-refractivity contribution in [2.24, 2.45) is 29.6 Å². The number of nitrogens with one attached hydrogen (secondary N) is 2. The molecule has 384 valence electrons. The Morgan fingerprint density at radius 2 is 1.20 bits per heavy atom. The molecule has 2 aliphatic heterocycles. The molecule has 0 radical (unpaired) electrons. The van der Waals surface area contributed by atoms with Gasteiger partial charge in [0.15, 0.2) is 20.2 Å².